The maximum atomic E-state index is 5.80. The Bertz CT molecular complexity index is 265. The van der Waals surface area contributed by atoms with Crippen molar-refractivity contribution in [1.29, 1.82) is 0 Å². The molecule has 1 aromatic rings. The van der Waals surface area contributed by atoms with Gasteiger partial charge in [-0.25, -0.2) is 0 Å². The summed E-state index contributed by atoms with van der Waals surface area (Å²) in [5.74, 6) is 1.06. The summed E-state index contributed by atoms with van der Waals surface area (Å²) in [7, 11) is 0. The van der Waals surface area contributed by atoms with Gasteiger partial charge in [0, 0.05) is 11.4 Å². The molecule has 1 aromatic carbocycles. The highest BCUT2D eigenvalue weighted by Crippen LogP contribution is 2.10. The van der Waals surface area contributed by atoms with E-state index in [0.717, 1.165) is 31.1 Å². The molecule has 0 radical (unpaired) electrons. The van der Waals surface area contributed by atoms with E-state index in [9.17, 15) is 0 Å². The van der Waals surface area contributed by atoms with Gasteiger partial charge in [0.05, 0.1) is 13.2 Å². The second-order valence-corrected chi connectivity index (χ2v) is 4.04. The molecule has 0 bridgehead atoms. The van der Waals surface area contributed by atoms with Crippen LogP contribution < -0.4 is 5.73 Å². The van der Waals surface area contributed by atoms with Gasteiger partial charge in [-0.05, 0) is 24.3 Å². The Morgan fingerprint density at radius 2 is 2.07 bits per heavy atom. The van der Waals surface area contributed by atoms with Gasteiger partial charge in [0.2, 0.25) is 0 Å². The van der Waals surface area contributed by atoms with Crippen LogP contribution in [-0.4, -0.2) is 25.2 Å². The molecule has 0 aliphatic heterocycles. The Morgan fingerprint density at radius 3 is 2.79 bits per heavy atom. The molecule has 0 aliphatic rings. The fourth-order valence-electron chi connectivity index (χ4n) is 1.19. The highest BCUT2D eigenvalue weighted by molar-refractivity contribution is 7.98. The van der Waals surface area contributed by atoms with Crippen LogP contribution >= 0.6 is 11.8 Å². The molecular formula is C11H17NOS. The standard InChI is InChI=1S/C11H17NOS/c1-14-9-8-13-7-6-10-4-2-3-5-11(10)12/h2-5H,6-9,12H2,1H3. The molecule has 0 saturated carbocycles. The van der Waals surface area contributed by atoms with E-state index in [4.69, 9.17) is 10.5 Å². The summed E-state index contributed by atoms with van der Waals surface area (Å²) in [5, 5.41) is 0. The van der Waals surface area contributed by atoms with Gasteiger partial charge in [0.25, 0.3) is 0 Å². The van der Waals surface area contributed by atoms with Crippen LogP contribution in [-0.2, 0) is 11.2 Å². The van der Waals surface area contributed by atoms with Gasteiger partial charge in [-0.2, -0.15) is 11.8 Å². The fourth-order valence-corrected chi connectivity index (χ4v) is 1.47. The number of rotatable bonds is 6. The van der Waals surface area contributed by atoms with Crippen molar-refractivity contribution in [1.82, 2.24) is 0 Å². The van der Waals surface area contributed by atoms with E-state index >= 15 is 0 Å². The quantitative estimate of drug-likeness (QED) is 0.578. The van der Waals surface area contributed by atoms with Crippen LogP contribution in [0.25, 0.3) is 0 Å². The molecule has 14 heavy (non-hydrogen) atoms. The lowest BCUT2D eigenvalue weighted by Gasteiger charge is -2.05. The van der Waals surface area contributed by atoms with Crippen molar-refractivity contribution in [2.75, 3.05) is 31.0 Å². The van der Waals surface area contributed by atoms with E-state index in [1.807, 2.05) is 24.3 Å². The molecule has 3 heteroatoms. The first-order valence-corrected chi connectivity index (χ1v) is 6.14. The highest BCUT2D eigenvalue weighted by atomic mass is 32.2. The van der Waals surface area contributed by atoms with Crippen LogP contribution in [0.5, 0.6) is 0 Å². The second-order valence-electron chi connectivity index (χ2n) is 3.05. The Labute approximate surface area is 89.8 Å². The Balaban J connectivity index is 2.21. The topological polar surface area (TPSA) is 35.2 Å². The molecule has 0 aliphatic carbocycles. The average molecular weight is 211 g/mol. The van der Waals surface area contributed by atoms with Gasteiger partial charge in [0.15, 0.2) is 0 Å². The molecule has 0 saturated heterocycles. The van der Waals surface area contributed by atoms with E-state index in [0.29, 0.717) is 0 Å². The van der Waals surface area contributed by atoms with Gasteiger partial charge in [-0.1, -0.05) is 18.2 Å². The zero-order chi connectivity index (χ0) is 10.2. The minimum absolute atomic E-state index is 0.759. The number of nitrogens with two attached hydrogens (primary N) is 1. The number of para-hydroxylation sites is 1. The molecule has 2 N–H and O–H groups in total. The number of nitrogen functional groups attached to an aromatic ring is 1. The van der Waals surface area contributed by atoms with Gasteiger partial charge in [-0.15, -0.1) is 0 Å². The zero-order valence-electron chi connectivity index (χ0n) is 8.53. The third kappa shape index (κ3) is 4.03. The van der Waals surface area contributed by atoms with Crippen molar-refractivity contribution in [2.45, 2.75) is 6.42 Å². The highest BCUT2D eigenvalue weighted by Gasteiger charge is 1.96. The summed E-state index contributed by atoms with van der Waals surface area (Å²) < 4.78 is 5.46. The first-order valence-electron chi connectivity index (χ1n) is 4.74. The molecule has 78 valence electrons. The SMILES string of the molecule is CSCCOCCc1ccccc1N. The minimum Gasteiger partial charge on any atom is -0.399 e. The van der Waals surface area contributed by atoms with E-state index in [2.05, 4.69) is 6.26 Å². The molecule has 2 nitrogen and oxygen atoms in total. The fraction of sp³-hybridized carbons (Fsp3) is 0.455. The maximum absolute atomic E-state index is 5.80. The molecular weight excluding hydrogens is 194 g/mol. The van der Waals surface area contributed by atoms with Crippen molar-refractivity contribution >= 4 is 17.4 Å². The lowest BCUT2D eigenvalue weighted by Crippen LogP contribution is -2.03. The van der Waals surface area contributed by atoms with Crippen LogP contribution in [0.2, 0.25) is 0 Å². The molecule has 0 atom stereocenters. The van der Waals surface area contributed by atoms with Crippen molar-refractivity contribution in [2.24, 2.45) is 0 Å². The number of benzene rings is 1. The Hall–Kier alpha value is -0.670. The first kappa shape index (κ1) is 11.4. The van der Waals surface area contributed by atoms with Crippen LogP contribution in [0, 0.1) is 0 Å². The predicted molar refractivity (Wildman–Crippen MR) is 63.8 cm³/mol. The number of thioether (sulfide) groups is 1. The van der Waals surface area contributed by atoms with E-state index < -0.39 is 0 Å². The maximum Gasteiger partial charge on any atom is 0.0556 e. The number of ether oxygens (including phenoxy) is 1. The lowest BCUT2D eigenvalue weighted by atomic mass is 10.1. The van der Waals surface area contributed by atoms with E-state index in [-0.39, 0.29) is 0 Å². The number of hydrogen-bond donors (Lipinski definition) is 1. The monoisotopic (exact) mass is 211 g/mol. The van der Waals surface area contributed by atoms with Gasteiger partial charge >= 0.3 is 0 Å². The van der Waals surface area contributed by atoms with Gasteiger partial charge in [-0.3, -0.25) is 0 Å². The van der Waals surface area contributed by atoms with Crippen LogP contribution in [0.15, 0.2) is 24.3 Å². The third-order valence-corrected chi connectivity index (χ3v) is 2.58. The van der Waals surface area contributed by atoms with Crippen molar-refractivity contribution in [3.8, 4) is 0 Å². The van der Waals surface area contributed by atoms with Gasteiger partial charge in [0.1, 0.15) is 0 Å². The average Bonchev–Trinajstić information content (AvgIpc) is 2.20. The summed E-state index contributed by atoms with van der Waals surface area (Å²) in [6.07, 6.45) is 2.99. The summed E-state index contributed by atoms with van der Waals surface area (Å²) in [6.45, 7) is 1.59. The summed E-state index contributed by atoms with van der Waals surface area (Å²) in [4.78, 5) is 0. The summed E-state index contributed by atoms with van der Waals surface area (Å²) >= 11 is 1.80. The lowest BCUT2D eigenvalue weighted by molar-refractivity contribution is 0.153. The van der Waals surface area contributed by atoms with Crippen molar-refractivity contribution in [3.05, 3.63) is 29.8 Å². The van der Waals surface area contributed by atoms with Crippen molar-refractivity contribution in [3.63, 3.8) is 0 Å². The smallest absolute Gasteiger partial charge is 0.0556 e. The van der Waals surface area contributed by atoms with Crippen LogP contribution in [0.3, 0.4) is 0 Å². The minimum atomic E-state index is 0.759. The summed E-state index contributed by atoms with van der Waals surface area (Å²) in [5.41, 5.74) is 7.84. The largest absolute Gasteiger partial charge is 0.399 e. The van der Waals surface area contributed by atoms with E-state index in [1.165, 1.54) is 5.56 Å². The molecule has 0 aromatic heterocycles. The number of hydrogen-bond acceptors (Lipinski definition) is 3. The first-order chi connectivity index (χ1) is 6.84. The van der Waals surface area contributed by atoms with Gasteiger partial charge < -0.3 is 10.5 Å². The van der Waals surface area contributed by atoms with E-state index in [1.54, 1.807) is 11.8 Å². The normalized spacial score (nSPS) is 10.4. The predicted octanol–water partition coefficient (Wildman–Crippen LogP) is 2.19. The van der Waals surface area contributed by atoms with Crippen LogP contribution in [0.4, 0.5) is 5.69 Å². The Morgan fingerprint density at radius 1 is 1.29 bits per heavy atom. The molecule has 0 heterocycles. The third-order valence-electron chi connectivity index (χ3n) is 2.00. The molecule has 0 fully saturated rings. The molecule has 0 spiro atoms. The Kier molecular flexibility index (Phi) is 5.49. The zero-order valence-corrected chi connectivity index (χ0v) is 9.35. The van der Waals surface area contributed by atoms with Crippen molar-refractivity contribution < 1.29 is 4.74 Å². The van der Waals surface area contributed by atoms with Crippen LogP contribution in [0.1, 0.15) is 5.56 Å². The molecule has 1 rings (SSSR count). The molecule has 0 unspecified atom stereocenters. The number of anilines is 1. The summed E-state index contributed by atoms with van der Waals surface area (Å²) in [6, 6.07) is 7.94. The molecule has 0 amide bonds. The second kappa shape index (κ2) is 6.74.